The third kappa shape index (κ3) is 8.38. The fourth-order valence-corrected chi connectivity index (χ4v) is 3.46. The van der Waals surface area contributed by atoms with Crippen LogP contribution in [0.2, 0.25) is 0 Å². The predicted molar refractivity (Wildman–Crippen MR) is 123 cm³/mol. The van der Waals surface area contributed by atoms with Crippen molar-refractivity contribution in [2.24, 2.45) is 0 Å². The minimum absolute atomic E-state index is 0.0542. The summed E-state index contributed by atoms with van der Waals surface area (Å²) in [6.07, 6.45) is 2.30. The molecule has 1 aromatic rings. The molecule has 9 heteroatoms. The molecule has 0 aromatic heterocycles. The first-order valence-electron chi connectivity index (χ1n) is 10.5. The molecular formula is C22H32ClN5O3. The molecule has 0 spiro atoms. The summed E-state index contributed by atoms with van der Waals surface area (Å²) in [7, 11) is 1.82. The van der Waals surface area contributed by atoms with Gasteiger partial charge in [-0.1, -0.05) is 11.6 Å². The fourth-order valence-electron chi connectivity index (χ4n) is 3.26. The summed E-state index contributed by atoms with van der Waals surface area (Å²) in [5.41, 5.74) is 2.32. The number of allylic oxidation sites excluding steroid dienone is 1. The molecule has 1 saturated heterocycles. The number of nitriles is 1. The van der Waals surface area contributed by atoms with Crippen LogP contribution in [0.3, 0.4) is 0 Å². The highest BCUT2D eigenvalue weighted by Gasteiger charge is 2.21. The Morgan fingerprint density at radius 2 is 2.03 bits per heavy atom. The number of hydrogen-bond acceptors (Lipinski definition) is 7. The molecule has 3 N–H and O–H groups in total. The van der Waals surface area contributed by atoms with Gasteiger partial charge in [-0.15, -0.1) is 0 Å². The molecule has 8 nitrogen and oxygen atoms in total. The minimum Gasteiger partial charge on any atom is -0.492 e. The lowest BCUT2D eigenvalue weighted by Crippen LogP contribution is -2.38. The number of ether oxygens (including phenoxy) is 2. The highest BCUT2D eigenvalue weighted by Crippen LogP contribution is 2.31. The Morgan fingerprint density at radius 3 is 2.65 bits per heavy atom. The van der Waals surface area contributed by atoms with Gasteiger partial charge in [0.15, 0.2) is 0 Å². The van der Waals surface area contributed by atoms with E-state index < -0.39 is 0 Å². The molecule has 1 aliphatic heterocycles. The van der Waals surface area contributed by atoms with Gasteiger partial charge in [-0.05, 0) is 38.0 Å². The second-order valence-electron chi connectivity index (χ2n) is 7.38. The van der Waals surface area contributed by atoms with E-state index in [4.69, 9.17) is 26.3 Å². The number of nitrogens with zero attached hydrogens (tertiary/aromatic N) is 2. The Labute approximate surface area is 189 Å². The van der Waals surface area contributed by atoms with E-state index in [0.29, 0.717) is 29.9 Å². The quantitative estimate of drug-likeness (QED) is 0.504. The summed E-state index contributed by atoms with van der Waals surface area (Å²) in [6.45, 7) is 10.5. The van der Waals surface area contributed by atoms with Crippen molar-refractivity contribution in [3.05, 3.63) is 28.8 Å². The fraction of sp³-hybridized carbons (Fsp3) is 0.545. The molecule has 31 heavy (non-hydrogen) atoms. The average Bonchev–Trinajstić information content (AvgIpc) is 3.61. The first-order valence-corrected chi connectivity index (χ1v) is 10.8. The Kier molecular flexibility index (Phi) is 10.6. The smallest absolute Gasteiger partial charge is 0.238 e. The Bertz CT molecular complexity index is 770. The van der Waals surface area contributed by atoms with E-state index in [9.17, 15) is 4.79 Å². The highest BCUT2D eigenvalue weighted by molar-refractivity contribution is 6.32. The maximum absolute atomic E-state index is 12.2. The zero-order valence-electron chi connectivity index (χ0n) is 18.2. The van der Waals surface area contributed by atoms with Gasteiger partial charge in [0.25, 0.3) is 0 Å². The molecule has 3 rings (SSSR count). The topological polar surface area (TPSA) is 98.7 Å². The number of rotatable bonds is 10. The SMILES string of the molecule is C#N.CN/C(=C(\C)Cl)c1cc(NC(=O)CNC2CC2)ccc1OCCN1CCOCC1. The zero-order chi connectivity index (χ0) is 22.6. The molecule has 0 atom stereocenters. The standard InChI is InChI=1S/C21H31ClN4O3.CHN/c1-15(22)21(23-2)18-13-17(25-20(27)14-24-16-3-4-16)5-6-19(18)29-12-9-26-7-10-28-11-8-26;1-2/h5-6,13,16,23-24H,3-4,7-12,14H2,1-2H3,(H,25,27);1H/b21-15+;. The molecule has 2 aliphatic rings. The molecule has 0 radical (unpaired) electrons. The maximum Gasteiger partial charge on any atom is 0.238 e. The Balaban J connectivity index is 0.00000166. The van der Waals surface area contributed by atoms with E-state index in [0.717, 1.165) is 62.7 Å². The van der Waals surface area contributed by atoms with E-state index in [2.05, 4.69) is 27.4 Å². The van der Waals surface area contributed by atoms with Crippen molar-refractivity contribution in [2.45, 2.75) is 25.8 Å². The van der Waals surface area contributed by atoms with Crippen LogP contribution in [0.1, 0.15) is 25.3 Å². The molecule has 1 saturated carbocycles. The maximum atomic E-state index is 12.2. The van der Waals surface area contributed by atoms with Crippen LogP contribution in [0, 0.1) is 11.8 Å². The van der Waals surface area contributed by atoms with Gasteiger partial charge in [0.1, 0.15) is 12.4 Å². The van der Waals surface area contributed by atoms with Gasteiger partial charge in [-0.3, -0.25) is 9.69 Å². The van der Waals surface area contributed by atoms with Crippen LogP contribution in [-0.4, -0.2) is 69.9 Å². The Morgan fingerprint density at radius 1 is 1.32 bits per heavy atom. The van der Waals surface area contributed by atoms with Crippen molar-refractivity contribution >= 4 is 28.9 Å². The van der Waals surface area contributed by atoms with Crippen LogP contribution in [0.15, 0.2) is 23.2 Å². The van der Waals surface area contributed by atoms with E-state index >= 15 is 0 Å². The predicted octanol–water partition coefficient (Wildman–Crippen LogP) is 2.37. The number of nitrogens with one attached hydrogen (secondary N) is 3. The number of halogens is 1. The number of morpholine rings is 1. The molecule has 1 heterocycles. The van der Waals surface area contributed by atoms with Crippen molar-refractivity contribution in [3.8, 4) is 12.3 Å². The normalized spacial score (nSPS) is 17.1. The summed E-state index contributed by atoms with van der Waals surface area (Å²) >= 11 is 6.30. The summed E-state index contributed by atoms with van der Waals surface area (Å²) in [4.78, 5) is 14.5. The van der Waals surface area contributed by atoms with E-state index in [-0.39, 0.29) is 5.91 Å². The van der Waals surface area contributed by atoms with E-state index in [1.54, 1.807) is 0 Å². The van der Waals surface area contributed by atoms with Crippen molar-refractivity contribution in [3.63, 3.8) is 0 Å². The number of anilines is 1. The molecule has 1 aliphatic carbocycles. The van der Waals surface area contributed by atoms with Crippen LogP contribution in [0.25, 0.3) is 5.70 Å². The summed E-state index contributed by atoms with van der Waals surface area (Å²) in [5.74, 6) is 0.679. The zero-order valence-corrected chi connectivity index (χ0v) is 19.0. The van der Waals surface area contributed by atoms with Crippen molar-refractivity contribution in [1.29, 1.82) is 5.26 Å². The van der Waals surface area contributed by atoms with E-state index in [1.165, 1.54) is 0 Å². The lowest BCUT2D eigenvalue weighted by Gasteiger charge is -2.26. The molecule has 1 amide bonds. The summed E-state index contributed by atoms with van der Waals surface area (Å²) in [6, 6.07) is 6.14. The van der Waals surface area contributed by atoms with Crippen LogP contribution in [0.5, 0.6) is 5.75 Å². The lowest BCUT2D eigenvalue weighted by atomic mass is 10.1. The van der Waals surface area contributed by atoms with Crippen molar-refractivity contribution in [1.82, 2.24) is 15.5 Å². The molecule has 0 bridgehead atoms. The Hall–Kier alpha value is -2.31. The van der Waals surface area contributed by atoms with Crippen LogP contribution in [-0.2, 0) is 9.53 Å². The first-order chi connectivity index (χ1) is 15.1. The van der Waals surface area contributed by atoms with Gasteiger partial charge < -0.3 is 25.4 Å². The third-order valence-electron chi connectivity index (χ3n) is 5.02. The van der Waals surface area contributed by atoms with Crippen LogP contribution < -0.4 is 20.7 Å². The van der Waals surface area contributed by atoms with Gasteiger partial charge in [0.2, 0.25) is 5.91 Å². The number of carbonyl (C=O) groups is 1. The largest absolute Gasteiger partial charge is 0.492 e. The number of amides is 1. The van der Waals surface area contributed by atoms with Gasteiger partial charge in [0, 0.05) is 55.6 Å². The second-order valence-corrected chi connectivity index (χ2v) is 7.94. The van der Waals surface area contributed by atoms with Crippen LogP contribution >= 0.6 is 11.6 Å². The summed E-state index contributed by atoms with van der Waals surface area (Å²) in [5, 5.41) is 16.4. The van der Waals surface area contributed by atoms with Crippen molar-refractivity contribution in [2.75, 3.05) is 58.4 Å². The molecule has 1 aromatic carbocycles. The third-order valence-corrected chi connectivity index (χ3v) is 5.21. The first kappa shape index (κ1) is 25.0. The van der Waals surface area contributed by atoms with Gasteiger partial charge in [-0.25, -0.2) is 5.26 Å². The van der Waals surface area contributed by atoms with E-state index in [1.807, 2.05) is 32.2 Å². The average molecular weight is 450 g/mol. The molecule has 0 unspecified atom stereocenters. The lowest BCUT2D eigenvalue weighted by molar-refractivity contribution is -0.115. The number of benzene rings is 1. The summed E-state index contributed by atoms with van der Waals surface area (Å²) < 4.78 is 11.5. The van der Waals surface area contributed by atoms with Crippen LogP contribution in [0.4, 0.5) is 5.69 Å². The van der Waals surface area contributed by atoms with Gasteiger partial charge in [0.05, 0.1) is 25.5 Å². The number of hydrogen-bond donors (Lipinski definition) is 3. The van der Waals surface area contributed by atoms with Gasteiger partial charge >= 0.3 is 0 Å². The second kappa shape index (κ2) is 13.2. The minimum atomic E-state index is -0.0542. The monoisotopic (exact) mass is 449 g/mol. The highest BCUT2D eigenvalue weighted by atomic mass is 35.5. The molecule has 2 fully saturated rings. The van der Waals surface area contributed by atoms with Gasteiger partial charge in [-0.2, -0.15) is 0 Å². The molecule has 170 valence electrons. The molecular weight excluding hydrogens is 418 g/mol. The van der Waals surface area contributed by atoms with Crippen molar-refractivity contribution < 1.29 is 14.3 Å². The number of carbonyl (C=O) groups excluding carboxylic acids is 1.